The number of hydrogen-bond acceptors (Lipinski definition) is 0. The van der Waals surface area contributed by atoms with Crippen molar-refractivity contribution in [3.8, 4) is 11.8 Å². The number of rotatable bonds is 0. The molecule has 0 heterocycles. The van der Waals surface area contributed by atoms with Crippen LogP contribution in [-0.4, -0.2) is 37.7 Å². The Labute approximate surface area is 63.5 Å². The third kappa shape index (κ3) is 11.2. The van der Waals surface area contributed by atoms with Gasteiger partial charge < -0.3 is 2.85 Å². The quantitative estimate of drug-likeness (QED) is 0.311. The molecule has 0 aliphatic carbocycles. The van der Waals surface area contributed by atoms with Crippen LogP contribution in [0.2, 0.25) is 0 Å². The molecule has 0 aromatic carbocycles. The first-order valence-corrected chi connectivity index (χ1v) is 0.856. The zero-order valence-corrected chi connectivity index (χ0v) is 5.13. The van der Waals surface area contributed by atoms with Crippen molar-refractivity contribution >= 4 is 49.3 Å². The molecule has 0 unspecified atom stereocenters. The first-order chi connectivity index (χ1) is 1.41. The Kier molecular flexibility index (Phi) is 19.9. The maximum atomic E-state index is 4.53. The summed E-state index contributed by atoms with van der Waals surface area (Å²) in [5.74, 6) is 0. The van der Waals surface area contributed by atoms with E-state index < -0.39 is 0 Å². The second kappa shape index (κ2) is 8.93. The molecule has 0 bridgehead atoms. The predicted molar refractivity (Wildman–Crippen MR) is 22.7 cm³/mol. The second-order valence-corrected chi connectivity index (χ2v) is 0.327. The number of terminal acetylenes is 1. The largest absolute Gasteiger partial charge is 2.00 e. The summed E-state index contributed by atoms with van der Waals surface area (Å²) >= 11 is 4.53. The van der Waals surface area contributed by atoms with Gasteiger partial charge in [-0.2, -0.15) is 0 Å². The van der Waals surface area contributed by atoms with E-state index in [0.717, 1.165) is 0 Å². The van der Waals surface area contributed by atoms with E-state index in [0.29, 0.717) is 0 Å². The molecular formula is C2H3CaCl. The van der Waals surface area contributed by atoms with Crippen LogP contribution in [0.5, 0.6) is 0 Å². The molecular weight excluding hydrogens is 99.6 g/mol. The fourth-order valence-electron chi connectivity index (χ4n) is 0. The van der Waals surface area contributed by atoms with Gasteiger partial charge in [-0.05, 0) is 11.6 Å². The Balaban J connectivity index is -0.00000000667. The van der Waals surface area contributed by atoms with Gasteiger partial charge >= 0.3 is 37.7 Å². The molecule has 0 aromatic heterocycles. The summed E-state index contributed by atoms with van der Waals surface area (Å²) in [5.41, 5.74) is 0. The normalized spacial score (nSPS) is 2.00. The third-order valence-corrected chi connectivity index (χ3v) is 0. The van der Waals surface area contributed by atoms with Crippen molar-refractivity contribution in [2.75, 3.05) is 0 Å². The molecule has 0 saturated carbocycles. The summed E-state index contributed by atoms with van der Waals surface area (Å²) in [6, 6.07) is 0. The van der Waals surface area contributed by atoms with Crippen molar-refractivity contribution in [2.45, 2.75) is 0 Å². The van der Waals surface area contributed by atoms with Crippen LogP contribution < -0.4 is 0 Å². The van der Waals surface area contributed by atoms with Crippen molar-refractivity contribution in [1.29, 1.82) is 0 Å². The van der Waals surface area contributed by atoms with E-state index in [1.54, 1.807) is 5.38 Å². The predicted octanol–water partition coefficient (Wildman–Crippen LogP) is 0.660. The molecule has 2 heteroatoms. The molecule has 0 atom stereocenters. The summed E-state index contributed by atoms with van der Waals surface area (Å²) in [6.07, 6.45) is 4.36. The Morgan fingerprint density at radius 2 is 2.00 bits per heavy atom. The Morgan fingerprint density at radius 3 is 2.00 bits per heavy atom. The minimum absolute atomic E-state index is 0. The summed E-state index contributed by atoms with van der Waals surface area (Å²) in [6.45, 7) is 0. The van der Waals surface area contributed by atoms with E-state index in [-0.39, 0.29) is 40.6 Å². The number of halogens is 1. The van der Waals surface area contributed by atoms with Crippen molar-refractivity contribution in [3.05, 3.63) is 0 Å². The molecule has 0 rings (SSSR count). The van der Waals surface area contributed by atoms with Gasteiger partial charge in [-0.25, -0.2) is 0 Å². The standard InChI is InChI=1S/C2HCl.Ca.2H/c1-2-3;;;/h1H;;;/q;+2;2*-1. The van der Waals surface area contributed by atoms with E-state index >= 15 is 0 Å². The van der Waals surface area contributed by atoms with Gasteiger partial charge in [0.15, 0.2) is 0 Å². The summed E-state index contributed by atoms with van der Waals surface area (Å²) in [5, 5.41) is 1.72. The second-order valence-electron chi connectivity index (χ2n) is 0.109. The molecule has 0 radical (unpaired) electrons. The summed E-state index contributed by atoms with van der Waals surface area (Å²) < 4.78 is 0. The smallest absolute Gasteiger partial charge is 1.00 e. The van der Waals surface area contributed by atoms with Crippen molar-refractivity contribution in [2.24, 2.45) is 0 Å². The fourth-order valence-corrected chi connectivity index (χ4v) is 0. The first-order valence-electron chi connectivity index (χ1n) is 0.478. The minimum Gasteiger partial charge on any atom is -1.00 e. The molecule has 0 spiro atoms. The van der Waals surface area contributed by atoms with Crippen LogP contribution in [-0.2, 0) is 0 Å². The average Bonchev–Trinajstić information content (AvgIpc) is 0.918. The molecule has 0 N–H and O–H groups in total. The number of hydrogen-bond donors (Lipinski definition) is 0. The van der Waals surface area contributed by atoms with Gasteiger partial charge in [0, 0.05) is 5.38 Å². The van der Waals surface area contributed by atoms with Crippen LogP contribution in [0, 0.1) is 11.8 Å². The molecule has 20 valence electrons. The average molecular weight is 103 g/mol. The van der Waals surface area contributed by atoms with Crippen LogP contribution in [0.25, 0.3) is 0 Å². The van der Waals surface area contributed by atoms with Crippen molar-refractivity contribution in [3.63, 3.8) is 0 Å². The maximum Gasteiger partial charge on any atom is 2.00 e. The fraction of sp³-hybridized carbons (Fsp3) is 0. The molecule has 0 aromatic rings. The zero-order chi connectivity index (χ0) is 2.71. The SMILES string of the molecule is C#CCl.[Ca+2].[H-].[H-]. The van der Waals surface area contributed by atoms with Crippen molar-refractivity contribution < 1.29 is 2.85 Å². The van der Waals surface area contributed by atoms with Crippen LogP contribution in [0.15, 0.2) is 0 Å². The van der Waals surface area contributed by atoms with Gasteiger partial charge in [0.2, 0.25) is 0 Å². The van der Waals surface area contributed by atoms with E-state index in [1.807, 2.05) is 0 Å². The molecule has 0 saturated heterocycles. The Hall–Kier alpha value is 1.11. The summed E-state index contributed by atoms with van der Waals surface area (Å²) in [7, 11) is 0. The van der Waals surface area contributed by atoms with Crippen LogP contribution in [0.1, 0.15) is 2.85 Å². The molecule has 0 nitrogen and oxygen atoms in total. The third-order valence-electron chi connectivity index (χ3n) is 0. The van der Waals surface area contributed by atoms with E-state index in [9.17, 15) is 0 Å². The molecule has 0 aliphatic rings. The van der Waals surface area contributed by atoms with Gasteiger partial charge in [0.05, 0.1) is 0 Å². The van der Waals surface area contributed by atoms with Crippen LogP contribution in [0.3, 0.4) is 0 Å². The van der Waals surface area contributed by atoms with Crippen LogP contribution in [0.4, 0.5) is 0 Å². The van der Waals surface area contributed by atoms with Gasteiger partial charge in [-0.1, -0.05) is 0 Å². The van der Waals surface area contributed by atoms with Crippen molar-refractivity contribution in [1.82, 2.24) is 0 Å². The monoisotopic (exact) mass is 102 g/mol. The van der Waals surface area contributed by atoms with Crippen LogP contribution >= 0.6 is 11.6 Å². The summed E-state index contributed by atoms with van der Waals surface area (Å²) in [4.78, 5) is 0. The Bertz CT molecular complexity index is 33.0. The molecule has 0 amide bonds. The van der Waals surface area contributed by atoms with Gasteiger partial charge in [-0.3, -0.25) is 0 Å². The van der Waals surface area contributed by atoms with Gasteiger partial charge in [0.1, 0.15) is 0 Å². The van der Waals surface area contributed by atoms with E-state index in [4.69, 9.17) is 0 Å². The minimum atomic E-state index is 0. The first kappa shape index (κ1) is 8.92. The zero-order valence-electron chi connectivity index (χ0n) is 4.16. The van der Waals surface area contributed by atoms with E-state index in [1.165, 1.54) is 0 Å². The van der Waals surface area contributed by atoms with Gasteiger partial charge in [-0.15, -0.1) is 6.42 Å². The molecule has 4 heavy (non-hydrogen) atoms. The van der Waals surface area contributed by atoms with Gasteiger partial charge in [0.25, 0.3) is 0 Å². The topological polar surface area (TPSA) is 0 Å². The molecule has 0 aliphatic heterocycles. The Morgan fingerprint density at radius 1 is 2.00 bits per heavy atom. The molecule has 0 fully saturated rings. The van der Waals surface area contributed by atoms with E-state index in [2.05, 4.69) is 18.0 Å². The maximum absolute atomic E-state index is 4.53.